The first kappa shape index (κ1) is 9.57. The summed E-state index contributed by atoms with van der Waals surface area (Å²) < 4.78 is 0. The Labute approximate surface area is 78.9 Å². The highest BCUT2D eigenvalue weighted by atomic mass is 79.9. The molecule has 11 heavy (non-hydrogen) atoms. The highest BCUT2D eigenvalue weighted by molar-refractivity contribution is 9.09. The van der Waals surface area contributed by atoms with Gasteiger partial charge in [-0.1, -0.05) is 42.6 Å². The quantitative estimate of drug-likeness (QED) is 0.616. The maximum Gasteiger partial charge on any atom is 0.0171 e. The third-order valence-corrected chi connectivity index (χ3v) is 4.36. The Morgan fingerprint density at radius 1 is 1.27 bits per heavy atom. The fourth-order valence-electron chi connectivity index (χ4n) is 1.98. The van der Waals surface area contributed by atoms with E-state index in [0.29, 0.717) is 0 Å². The molecule has 1 heteroatoms. The lowest BCUT2D eigenvalue weighted by atomic mass is 9.81. The van der Waals surface area contributed by atoms with Crippen LogP contribution in [0.2, 0.25) is 0 Å². The molecule has 66 valence electrons. The third kappa shape index (κ3) is 2.77. The van der Waals surface area contributed by atoms with Crippen molar-refractivity contribution in [3.05, 3.63) is 0 Å². The van der Waals surface area contributed by atoms with Gasteiger partial charge in [-0.2, -0.15) is 0 Å². The van der Waals surface area contributed by atoms with Crippen molar-refractivity contribution >= 4 is 15.9 Å². The summed E-state index contributed by atoms with van der Waals surface area (Å²) in [6.07, 6.45) is 7.09. The van der Waals surface area contributed by atoms with Gasteiger partial charge in [0.1, 0.15) is 0 Å². The second kappa shape index (κ2) is 4.49. The minimum Gasteiger partial charge on any atom is -0.0888 e. The van der Waals surface area contributed by atoms with Crippen LogP contribution < -0.4 is 0 Å². The van der Waals surface area contributed by atoms with Crippen molar-refractivity contribution in [3.8, 4) is 0 Å². The molecule has 0 heterocycles. The molecule has 0 aromatic heterocycles. The predicted molar refractivity (Wildman–Crippen MR) is 54.1 cm³/mol. The van der Waals surface area contributed by atoms with E-state index in [1.807, 2.05) is 0 Å². The van der Waals surface area contributed by atoms with Gasteiger partial charge in [0.15, 0.2) is 0 Å². The minimum absolute atomic E-state index is 0.787. The molecule has 1 rings (SSSR count). The normalized spacial score (nSPS) is 35.2. The molecule has 0 N–H and O–H groups in total. The second-order valence-corrected chi connectivity index (χ2v) is 5.12. The lowest BCUT2D eigenvalue weighted by Gasteiger charge is -2.29. The van der Waals surface area contributed by atoms with Gasteiger partial charge in [0.05, 0.1) is 0 Å². The third-order valence-electron chi connectivity index (χ3n) is 2.96. The standard InChI is InChI=1S/C10H19Br/c1-3-10(11)9-6-4-8(2)5-7-9/h8-10H,3-7H2,1-2H3. The molecule has 0 aliphatic heterocycles. The Kier molecular flexibility index (Phi) is 3.91. The van der Waals surface area contributed by atoms with Gasteiger partial charge >= 0.3 is 0 Å². The van der Waals surface area contributed by atoms with Crippen molar-refractivity contribution in [2.75, 3.05) is 0 Å². The van der Waals surface area contributed by atoms with Crippen LogP contribution in [0.3, 0.4) is 0 Å². The van der Waals surface area contributed by atoms with E-state index >= 15 is 0 Å². The van der Waals surface area contributed by atoms with E-state index in [2.05, 4.69) is 29.8 Å². The van der Waals surface area contributed by atoms with Crippen LogP contribution in [-0.2, 0) is 0 Å². The molecule has 1 unspecified atom stereocenters. The SMILES string of the molecule is CCC(Br)C1CCC(C)CC1. The van der Waals surface area contributed by atoms with E-state index in [4.69, 9.17) is 0 Å². The van der Waals surface area contributed by atoms with Gasteiger partial charge in [0, 0.05) is 4.83 Å². The first-order chi connectivity index (χ1) is 5.24. The van der Waals surface area contributed by atoms with Crippen molar-refractivity contribution < 1.29 is 0 Å². The average molecular weight is 219 g/mol. The van der Waals surface area contributed by atoms with Crippen LogP contribution in [0.1, 0.15) is 46.0 Å². The number of alkyl halides is 1. The molecule has 0 saturated heterocycles. The lowest BCUT2D eigenvalue weighted by Crippen LogP contribution is -2.20. The van der Waals surface area contributed by atoms with E-state index in [-0.39, 0.29) is 0 Å². The summed E-state index contributed by atoms with van der Waals surface area (Å²) in [5.41, 5.74) is 0. The number of halogens is 1. The van der Waals surface area contributed by atoms with Crippen molar-refractivity contribution in [2.24, 2.45) is 11.8 Å². The van der Waals surface area contributed by atoms with Crippen LogP contribution in [0.15, 0.2) is 0 Å². The van der Waals surface area contributed by atoms with E-state index in [9.17, 15) is 0 Å². The maximum atomic E-state index is 3.76. The topological polar surface area (TPSA) is 0 Å². The summed E-state index contributed by atoms with van der Waals surface area (Å²) in [6.45, 7) is 4.66. The van der Waals surface area contributed by atoms with Gasteiger partial charge in [0.25, 0.3) is 0 Å². The van der Waals surface area contributed by atoms with Crippen LogP contribution in [0, 0.1) is 11.8 Å². The monoisotopic (exact) mass is 218 g/mol. The van der Waals surface area contributed by atoms with Gasteiger partial charge in [0.2, 0.25) is 0 Å². The molecule has 1 fully saturated rings. The van der Waals surface area contributed by atoms with Crippen LogP contribution in [0.25, 0.3) is 0 Å². The predicted octanol–water partition coefficient (Wildman–Crippen LogP) is 3.99. The molecule has 1 aliphatic carbocycles. The van der Waals surface area contributed by atoms with E-state index in [1.165, 1.54) is 32.1 Å². The molecule has 0 spiro atoms. The van der Waals surface area contributed by atoms with E-state index < -0.39 is 0 Å². The Hall–Kier alpha value is 0.480. The zero-order valence-corrected chi connectivity index (χ0v) is 9.23. The number of hydrogen-bond acceptors (Lipinski definition) is 0. The van der Waals surface area contributed by atoms with Crippen LogP contribution >= 0.6 is 15.9 Å². The molecule has 0 amide bonds. The highest BCUT2D eigenvalue weighted by Crippen LogP contribution is 2.34. The van der Waals surface area contributed by atoms with Gasteiger partial charge < -0.3 is 0 Å². The van der Waals surface area contributed by atoms with Crippen molar-refractivity contribution in [1.29, 1.82) is 0 Å². The zero-order chi connectivity index (χ0) is 8.27. The number of rotatable bonds is 2. The summed E-state index contributed by atoms with van der Waals surface area (Å²) in [6, 6.07) is 0. The van der Waals surface area contributed by atoms with Gasteiger partial charge in [-0.05, 0) is 31.1 Å². The summed E-state index contributed by atoms with van der Waals surface area (Å²) in [4.78, 5) is 0.787. The smallest absolute Gasteiger partial charge is 0.0171 e. The summed E-state index contributed by atoms with van der Waals surface area (Å²) in [7, 11) is 0. The average Bonchev–Trinajstić information content (AvgIpc) is 2.05. The van der Waals surface area contributed by atoms with Gasteiger partial charge in [-0.15, -0.1) is 0 Å². The van der Waals surface area contributed by atoms with Crippen molar-refractivity contribution in [1.82, 2.24) is 0 Å². The largest absolute Gasteiger partial charge is 0.0888 e. The van der Waals surface area contributed by atoms with Gasteiger partial charge in [-0.25, -0.2) is 0 Å². The molecule has 0 bridgehead atoms. The molecule has 0 aromatic rings. The zero-order valence-electron chi connectivity index (χ0n) is 7.65. The fourth-order valence-corrected chi connectivity index (χ4v) is 2.51. The summed E-state index contributed by atoms with van der Waals surface area (Å²) in [5, 5.41) is 0. The van der Waals surface area contributed by atoms with Crippen LogP contribution in [-0.4, -0.2) is 4.83 Å². The molecule has 1 aliphatic rings. The summed E-state index contributed by atoms with van der Waals surface area (Å²) in [5.74, 6) is 1.96. The van der Waals surface area contributed by atoms with Crippen molar-refractivity contribution in [2.45, 2.75) is 50.8 Å². The fraction of sp³-hybridized carbons (Fsp3) is 1.00. The Bertz CT molecular complexity index is 103. The van der Waals surface area contributed by atoms with Crippen LogP contribution in [0.5, 0.6) is 0 Å². The molecular formula is C10H19Br. The minimum atomic E-state index is 0.787. The Morgan fingerprint density at radius 2 is 1.82 bits per heavy atom. The molecule has 1 saturated carbocycles. The maximum absolute atomic E-state index is 3.76. The van der Waals surface area contributed by atoms with E-state index in [1.54, 1.807) is 0 Å². The molecule has 0 radical (unpaired) electrons. The highest BCUT2D eigenvalue weighted by Gasteiger charge is 2.22. The molecule has 1 atom stereocenters. The molecule has 0 nitrogen and oxygen atoms in total. The first-order valence-corrected chi connectivity index (χ1v) is 5.79. The van der Waals surface area contributed by atoms with Crippen molar-refractivity contribution in [3.63, 3.8) is 0 Å². The summed E-state index contributed by atoms with van der Waals surface area (Å²) >= 11 is 3.76. The lowest BCUT2D eigenvalue weighted by molar-refractivity contribution is 0.284. The Balaban J connectivity index is 2.27. The second-order valence-electron chi connectivity index (χ2n) is 3.94. The molecular weight excluding hydrogens is 200 g/mol. The van der Waals surface area contributed by atoms with E-state index in [0.717, 1.165) is 16.7 Å². The first-order valence-electron chi connectivity index (χ1n) is 4.88. The number of hydrogen-bond donors (Lipinski definition) is 0. The van der Waals surface area contributed by atoms with Crippen LogP contribution in [0.4, 0.5) is 0 Å². The van der Waals surface area contributed by atoms with Gasteiger partial charge in [-0.3, -0.25) is 0 Å². The Morgan fingerprint density at radius 3 is 2.27 bits per heavy atom. The molecule has 0 aromatic carbocycles.